The van der Waals surface area contributed by atoms with E-state index in [0.29, 0.717) is 0 Å². The first kappa shape index (κ1) is 13.0. The fourth-order valence-corrected chi connectivity index (χ4v) is 1.88. The number of nitrogens with two attached hydrogens (primary N) is 1. The summed E-state index contributed by atoms with van der Waals surface area (Å²) in [5, 5.41) is 15.4. The molecule has 19 heavy (non-hydrogen) atoms. The molecule has 0 saturated heterocycles. The molecule has 10 heteroatoms. The zero-order valence-electron chi connectivity index (χ0n) is 9.79. The van der Waals surface area contributed by atoms with Crippen LogP contribution >= 0.6 is 0 Å². The number of hydrogen-bond donors (Lipinski definition) is 2. The van der Waals surface area contributed by atoms with Gasteiger partial charge in [-0.15, -0.1) is 0 Å². The van der Waals surface area contributed by atoms with Crippen LogP contribution in [0.25, 0.3) is 5.82 Å². The molecule has 0 amide bonds. The molecule has 0 aromatic carbocycles. The van der Waals surface area contributed by atoms with Gasteiger partial charge in [0.25, 0.3) is 0 Å². The second kappa shape index (κ2) is 4.65. The predicted molar refractivity (Wildman–Crippen MR) is 64.8 cm³/mol. The van der Waals surface area contributed by atoms with Gasteiger partial charge in [-0.1, -0.05) is 5.16 Å². The van der Waals surface area contributed by atoms with E-state index in [-0.39, 0.29) is 22.1 Å². The highest BCUT2D eigenvalue weighted by Gasteiger charge is 2.15. The Labute approximate surface area is 108 Å². The lowest BCUT2D eigenvalue weighted by Gasteiger charge is -2.05. The number of sulfone groups is 1. The molecular formula is C9H10N6O3S. The van der Waals surface area contributed by atoms with Crippen molar-refractivity contribution in [2.45, 2.75) is 4.90 Å². The number of nitrogens with zero attached hydrogens (tertiary/aromatic N) is 5. The Hall–Kier alpha value is -2.49. The summed E-state index contributed by atoms with van der Waals surface area (Å²) in [5.74, 6) is 0.00667. The molecule has 0 saturated carbocycles. The Balaban J connectivity index is 2.57. The van der Waals surface area contributed by atoms with Gasteiger partial charge in [0.2, 0.25) is 0 Å². The number of hydrogen-bond acceptors (Lipinski definition) is 7. The lowest BCUT2D eigenvalue weighted by Crippen LogP contribution is -2.18. The molecule has 0 spiro atoms. The van der Waals surface area contributed by atoms with E-state index in [2.05, 4.69) is 20.2 Å². The molecule has 0 radical (unpaired) electrons. The maximum Gasteiger partial charge on any atom is 0.178 e. The van der Waals surface area contributed by atoms with Gasteiger partial charge in [-0.05, 0) is 0 Å². The quantitative estimate of drug-likeness (QED) is 0.324. The van der Waals surface area contributed by atoms with Gasteiger partial charge in [0.05, 0.1) is 18.0 Å². The smallest absolute Gasteiger partial charge is 0.178 e. The molecule has 0 aliphatic carbocycles. The molecule has 0 aliphatic heterocycles. The molecule has 2 rings (SSSR count). The Kier molecular flexibility index (Phi) is 3.17. The van der Waals surface area contributed by atoms with E-state index in [1.54, 1.807) is 0 Å². The van der Waals surface area contributed by atoms with Gasteiger partial charge in [0.1, 0.15) is 11.2 Å². The first-order valence-electron chi connectivity index (χ1n) is 4.96. The van der Waals surface area contributed by atoms with Crippen molar-refractivity contribution in [3.05, 3.63) is 30.5 Å². The minimum absolute atomic E-state index is 0.0385. The van der Waals surface area contributed by atoms with Crippen molar-refractivity contribution in [1.82, 2.24) is 19.7 Å². The van der Waals surface area contributed by atoms with Crippen LogP contribution in [0.1, 0.15) is 5.56 Å². The Morgan fingerprint density at radius 3 is 2.79 bits per heavy atom. The zero-order valence-corrected chi connectivity index (χ0v) is 10.6. The van der Waals surface area contributed by atoms with Crippen molar-refractivity contribution in [1.29, 1.82) is 0 Å². The van der Waals surface area contributed by atoms with Gasteiger partial charge in [-0.3, -0.25) is 0 Å². The van der Waals surface area contributed by atoms with Crippen LogP contribution in [0.15, 0.2) is 35.0 Å². The number of oxime groups is 1. The third kappa shape index (κ3) is 2.52. The summed E-state index contributed by atoms with van der Waals surface area (Å²) < 4.78 is 24.0. The van der Waals surface area contributed by atoms with E-state index in [4.69, 9.17) is 10.9 Å². The summed E-state index contributed by atoms with van der Waals surface area (Å²) in [6, 6.07) is 0. The van der Waals surface area contributed by atoms with Crippen LogP contribution in [0.2, 0.25) is 0 Å². The maximum atomic E-state index is 11.4. The van der Waals surface area contributed by atoms with Crippen molar-refractivity contribution in [2.75, 3.05) is 6.26 Å². The van der Waals surface area contributed by atoms with Gasteiger partial charge >= 0.3 is 0 Å². The SMILES string of the molecule is CS(=O)(=O)c1cnn(-c2ncncc2/C(N)=N/O)c1. The largest absolute Gasteiger partial charge is 0.409 e. The van der Waals surface area contributed by atoms with E-state index in [9.17, 15) is 8.42 Å². The molecule has 0 atom stereocenters. The van der Waals surface area contributed by atoms with E-state index in [1.165, 1.54) is 29.6 Å². The molecule has 9 nitrogen and oxygen atoms in total. The van der Waals surface area contributed by atoms with Gasteiger partial charge in [0.15, 0.2) is 21.5 Å². The molecule has 2 aromatic heterocycles. The Morgan fingerprint density at radius 1 is 1.47 bits per heavy atom. The summed E-state index contributed by atoms with van der Waals surface area (Å²) >= 11 is 0. The third-order valence-electron chi connectivity index (χ3n) is 2.28. The van der Waals surface area contributed by atoms with Crippen LogP contribution < -0.4 is 5.73 Å². The van der Waals surface area contributed by atoms with Crippen molar-refractivity contribution in [3.8, 4) is 5.82 Å². The van der Waals surface area contributed by atoms with Crippen molar-refractivity contribution in [2.24, 2.45) is 10.9 Å². The van der Waals surface area contributed by atoms with Crippen LogP contribution in [0.3, 0.4) is 0 Å². The maximum absolute atomic E-state index is 11.4. The van der Waals surface area contributed by atoms with Crippen LogP contribution in [0.4, 0.5) is 0 Å². The minimum Gasteiger partial charge on any atom is -0.409 e. The van der Waals surface area contributed by atoms with Crippen molar-refractivity contribution < 1.29 is 13.6 Å². The topological polar surface area (TPSA) is 136 Å². The third-order valence-corrected chi connectivity index (χ3v) is 3.35. The summed E-state index contributed by atoms with van der Waals surface area (Å²) in [5.41, 5.74) is 5.72. The molecule has 0 unspecified atom stereocenters. The van der Waals surface area contributed by atoms with Gasteiger partial charge in [-0.2, -0.15) is 5.10 Å². The highest BCUT2D eigenvalue weighted by Crippen LogP contribution is 2.13. The lowest BCUT2D eigenvalue weighted by molar-refractivity contribution is 0.318. The van der Waals surface area contributed by atoms with Crippen LogP contribution in [-0.2, 0) is 9.84 Å². The van der Waals surface area contributed by atoms with Crippen LogP contribution in [-0.4, -0.2) is 45.5 Å². The number of rotatable bonds is 3. The Morgan fingerprint density at radius 2 is 2.21 bits per heavy atom. The zero-order chi connectivity index (χ0) is 14.0. The summed E-state index contributed by atoms with van der Waals surface area (Å²) in [6.45, 7) is 0. The van der Waals surface area contributed by atoms with Crippen LogP contribution in [0, 0.1) is 0 Å². The molecule has 100 valence electrons. The van der Waals surface area contributed by atoms with E-state index in [0.717, 1.165) is 6.26 Å². The lowest BCUT2D eigenvalue weighted by atomic mass is 10.3. The molecular weight excluding hydrogens is 272 g/mol. The Bertz CT molecular complexity index is 736. The monoisotopic (exact) mass is 282 g/mol. The first-order valence-corrected chi connectivity index (χ1v) is 6.85. The molecule has 0 fully saturated rings. The standard InChI is InChI=1S/C9H10N6O3S/c1-19(17,18)6-2-13-15(4-6)9-7(8(10)14-16)3-11-5-12-9/h2-5,16H,1H3,(H2,10,14). The van der Waals surface area contributed by atoms with Gasteiger partial charge < -0.3 is 10.9 Å². The molecule has 0 aliphatic rings. The molecule has 0 bridgehead atoms. The van der Waals surface area contributed by atoms with Crippen molar-refractivity contribution in [3.63, 3.8) is 0 Å². The fourth-order valence-electron chi connectivity index (χ4n) is 1.35. The minimum atomic E-state index is -3.37. The highest BCUT2D eigenvalue weighted by molar-refractivity contribution is 7.90. The van der Waals surface area contributed by atoms with E-state index < -0.39 is 9.84 Å². The van der Waals surface area contributed by atoms with Crippen molar-refractivity contribution >= 4 is 15.7 Å². The average Bonchev–Trinajstić information content (AvgIpc) is 2.87. The average molecular weight is 282 g/mol. The highest BCUT2D eigenvalue weighted by atomic mass is 32.2. The molecule has 2 heterocycles. The fraction of sp³-hybridized carbons (Fsp3) is 0.111. The molecule has 3 N–H and O–H groups in total. The van der Waals surface area contributed by atoms with Gasteiger partial charge in [0, 0.05) is 12.5 Å². The van der Waals surface area contributed by atoms with Gasteiger partial charge in [-0.25, -0.2) is 23.1 Å². The van der Waals surface area contributed by atoms with E-state index in [1.807, 2.05) is 0 Å². The summed E-state index contributed by atoms with van der Waals surface area (Å²) in [4.78, 5) is 7.73. The second-order valence-electron chi connectivity index (χ2n) is 3.64. The summed E-state index contributed by atoms with van der Waals surface area (Å²) in [7, 11) is -3.37. The van der Waals surface area contributed by atoms with Crippen LogP contribution in [0.5, 0.6) is 0 Å². The predicted octanol–water partition coefficient (Wildman–Crippen LogP) is -0.840. The summed E-state index contributed by atoms with van der Waals surface area (Å²) in [6.07, 6.45) is 6.11. The number of amidine groups is 1. The normalized spacial score (nSPS) is 12.6. The number of aromatic nitrogens is 4. The first-order chi connectivity index (χ1) is 8.93. The second-order valence-corrected chi connectivity index (χ2v) is 5.65. The van der Waals surface area contributed by atoms with E-state index >= 15 is 0 Å². The molecule has 2 aromatic rings.